The average molecular weight is 406 g/mol. The summed E-state index contributed by atoms with van der Waals surface area (Å²) in [4.78, 5) is 14.8. The van der Waals surface area contributed by atoms with Crippen LogP contribution in [0.5, 0.6) is 5.75 Å². The molecule has 0 aliphatic carbocycles. The van der Waals surface area contributed by atoms with E-state index in [1.54, 1.807) is 29.2 Å². The molecule has 0 bridgehead atoms. The number of rotatable bonds is 7. The Morgan fingerprint density at radius 1 is 1.21 bits per heavy atom. The Balaban J connectivity index is 1.79. The molecule has 0 spiro atoms. The van der Waals surface area contributed by atoms with Gasteiger partial charge in [-0.1, -0.05) is 13.8 Å². The molecule has 0 saturated carbocycles. The van der Waals surface area contributed by atoms with Gasteiger partial charge in [0, 0.05) is 11.6 Å². The highest BCUT2D eigenvalue weighted by atomic mass is 32.2. The number of nitrogens with zero attached hydrogens (tertiary/aromatic N) is 1. The van der Waals surface area contributed by atoms with Crippen molar-refractivity contribution in [3.63, 3.8) is 0 Å². The molecule has 1 atom stereocenters. The zero-order valence-electron chi connectivity index (χ0n) is 16.6. The van der Waals surface area contributed by atoms with Crippen LogP contribution in [-0.2, 0) is 16.4 Å². The first kappa shape index (κ1) is 20.5. The third kappa shape index (κ3) is 5.16. The Morgan fingerprint density at radius 2 is 1.93 bits per heavy atom. The molecule has 0 radical (unpaired) electrons. The molecule has 7 heteroatoms. The van der Waals surface area contributed by atoms with E-state index in [4.69, 9.17) is 9.15 Å². The van der Waals surface area contributed by atoms with E-state index in [2.05, 4.69) is 13.8 Å². The smallest absolute Gasteiger partial charge is 0.254 e. The number of furan rings is 1. The lowest BCUT2D eigenvalue weighted by atomic mass is 10.1. The number of amides is 1. The van der Waals surface area contributed by atoms with Crippen LogP contribution < -0.4 is 4.74 Å². The van der Waals surface area contributed by atoms with Crippen molar-refractivity contribution in [1.82, 2.24) is 4.90 Å². The molecular formula is C21H27NO5S. The van der Waals surface area contributed by atoms with Gasteiger partial charge in [0.15, 0.2) is 9.84 Å². The van der Waals surface area contributed by atoms with E-state index in [1.807, 2.05) is 19.1 Å². The highest BCUT2D eigenvalue weighted by Crippen LogP contribution is 2.24. The Kier molecular flexibility index (Phi) is 6.13. The molecule has 3 rings (SSSR count). The number of carbonyl (C=O) groups excluding carboxylic acids is 1. The second kappa shape index (κ2) is 8.39. The number of hydrogen-bond acceptors (Lipinski definition) is 5. The second-order valence-electron chi connectivity index (χ2n) is 7.73. The third-order valence-electron chi connectivity index (χ3n) is 4.72. The number of sulfone groups is 1. The van der Waals surface area contributed by atoms with E-state index >= 15 is 0 Å². The number of ether oxygens (including phenoxy) is 1. The number of aryl methyl sites for hydroxylation is 1. The maximum atomic E-state index is 13.2. The van der Waals surface area contributed by atoms with E-state index in [0.717, 1.165) is 5.76 Å². The fourth-order valence-corrected chi connectivity index (χ4v) is 4.98. The lowest BCUT2D eigenvalue weighted by Gasteiger charge is -2.27. The van der Waals surface area contributed by atoms with Gasteiger partial charge in [-0.3, -0.25) is 4.79 Å². The van der Waals surface area contributed by atoms with Gasteiger partial charge in [-0.25, -0.2) is 8.42 Å². The maximum absolute atomic E-state index is 13.2. The Labute approximate surface area is 166 Å². The second-order valence-corrected chi connectivity index (χ2v) is 9.96. The minimum absolute atomic E-state index is 0.00594. The highest BCUT2D eigenvalue weighted by Gasteiger charge is 2.35. The van der Waals surface area contributed by atoms with Gasteiger partial charge in [0.05, 0.1) is 24.7 Å². The van der Waals surface area contributed by atoms with E-state index in [9.17, 15) is 13.2 Å². The van der Waals surface area contributed by atoms with Crippen LogP contribution in [-0.4, -0.2) is 43.4 Å². The van der Waals surface area contributed by atoms with Crippen LogP contribution in [0.25, 0.3) is 0 Å². The molecule has 0 N–H and O–H groups in total. The van der Waals surface area contributed by atoms with Crippen LogP contribution in [0.3, 0.4) is 0 Å². The van der Waals surface area contributed by atoms with Crippen molar-refractivity contribution in [2.24, 2.45) is 5.92 Å². The number of hydrogen-bond donors (Lipinski definition) is 0. The molecular weight excluding hydrogens is 378 g/mol. The van der Waals surface area contributed by atoms with Gasteiger partial charge < -0.3 is 14.1 Å². The normalized spacial score (nSPS) is 18.4. The first-order valence-electron chi connectivity index (χ1n) is 9.53. The minimum Gasteiger partial charge on any atom is -0.493 e. The Morgan fingerprint density at radius 3 is 2.46 bits per heavy atom. The predicted octanol–water partition coefficient (Wildman–Crippen LogP) is 3.45. The first-order valence-corrected chi connectivity index (χ1v) is 11.4. The SMILES string of the molecule is Cc1ccc(CN(C(=O)c2ccc(OCC(C)C)cc2)C2CCS(=O)(=O)C2)o1. The predicted molar refractivity (Wildman–Crippen MR) is 107 cm³/mol. The number of benzene rings is 1. The average Bonchev–Trinajstić information content (AvgIpc) is 3.22. The summed E-state index contributed by atoms with van der Waals surface area (Å²) in [5.74, 6) is 2.43. The lowest BCUT2D eigenvalue weighted by molar-refractivity contribution is 0.0665. The summed E-state index contributed by atoms with van der Waals surface area (Å²) >= 11 is 0. The van der Waals surface area contributed by atoms with Gasteiger partial charge in [0.1, 0.15) is 17.3 Å². The molecule has 1 unspecified atom stereocenters. The third-order valence-corrected chi connectivity index (χ3v) is 6.47. The Bertz CT molecular complexity index is 915. The summed E-state index contributed by atoms with van der Waals surface area (Å²) in [6.45, 7) is 6.84. The van der Waals surface area contributed by atoms with Crippen LogP contribution in [0.4, 0.5) is 0 Å². The molecule has 1 fully saturated rings. The summed E-state index contributed by atoms with van der Waals surface area (Å²) in [6, 6.07) is 10.3. The summed E-state index contributed by atoms with van der Waals surface area (Å²) in [5.41, 5.74) is 0.504. The van der Waals surface area contributed by atoms with Gasteiger partial charge in [-0.05, 0) is 55.7 Å². The number of carbonyl (C=O) groups is 1. The van der Waals surface area contributed by atoms with Gasteiger partial charge in [-0.15, -0.1) is 0 Å². The zero-order valence-corrected chi connectivity index (χ0v) is 17.4. The monoisotopic (exact) mass is 405 g/mol. The molecule has 1 aromatic heterocycles. The molecule has 6 nitrogen and oxygen atoms in total. The molecule has 152 valence electrons. The highest BCUT2D eigenvalue weighted by molar-refractivity contribution is 7.91. The van der Waals surface area contributed by atoms with Crippen LogP contribution >= 0.6 is 0 Å². The fraction of sp³-hybridized carbons (Fsp3) is 0.476. The summed E-state index contributed by atoms with van der Waals surface area (Å²) in [6.07, 6.45) is 0.448. The van der Waals surface area contributed by atoms with Crippen LogP contribution in [0.2, 0.25) is 0 Å². The lowest BCUT2D eigenvalue weighted by Crippen LogP contribution is -2.40. The largest absolute Gasteiger partial charge is 0.493 e. The zero-order chi connectivity index (χ0) is 20.3. The van der Waals surface area contributed by atoms with Crippen molar-refractivity contribution in [1.29, 1.82) is 0 Å². The van der Waals surface area contributed by atoms with Crippen molar-refractivity contribution < 1.29 is 22.4 Å². The quantitative estimate of drug-likeness (QED) is 0.705. The topological polar surface area (TPSA) is 76.8 Å². The van der Waals surface area contributed by atoms with Gasteiger partial charge in [0.25, 0.3) is 5.91 Å². The molecule has 1 aromatic carbocycles. The molecule has 1 amide bonds. The molecule has 1 aliphatic rings. The van der Waals surface area contributed by atoms with E-state index in [0.29, 0.717) is 36.0 Å². The molecule has 28 heavy (non-hydrogen) atoms. The van der Waals surface area contributed by atoms with Crippen LogP contribution in [0.15, 0.2) is 40.8 Å². The van der Waals surface area contributed by atoms with Crippen molar-refractivity contribution in [3.05, 3.63) is 53.5 Å². The standard InChI is InChI=1S/C21H27NO5S/c1-15(2)13-26-19-8-5-17(6-9-19)21(23)22(12-20-7-4-16(3)27-20)18-10-11-28(24,25)14-18/h4-9,15,18H,10-14H2,1-3H3. The molecule has 1 aliphatic heterocycles. The van der Waals surface area contributed by atoms with Crippen LogP contribution in [0, 0.1) is 12.8 Å². The summed E-state index contributed by atoms with van der Waals surface area (Å²) < 4.78 is 35.2. The fourth-order valence-electron chi connectivity index (χ4n) is 3.25. The molecule has 1 saturated heterocycles. The minimum atomic E-state index is -3.11. The van der Waals surface area contributed by atoms with E-state index in [1.165, 1.54) is 0 Å². The van der Waals surface area contributed by atoms with Crippen molar-refractivity contribution in [3.8, 4) is 5.75 Å². The van der Waals surface area contributed by atoms with Crippen molar-refractivity contribution in [2.75, 3.05) is 18.1 Å². The summed E-state index contributed by atoms with van der Waals surface area (Å²) in [5, 5.41) is 0. The Hall–Kier alpha value is -2.28. The van der Waals surface area contributed by atoms with Crippen LogP contribution in [0.1, 0.15) is 42.1 Å². The maximum Gasteiger partial charge on any atom is 0.254 e. The van der Waals surface area contributed by atoms with Gasteiger partial charge in [0.2, 0.25) is 0 Å². The van der Waals surface area contributed by atoms with E-state index < -0.39 is 9.84 Å². The molecule has 2 heterocycles. The summed E-state index contributed by atoms with van der Waals surface area (Å²) in [7, 11) is -3.11. The first-order chi connectivity index (χ1) is 13.2. The van der Waals surface area contributed by atoms with Gasteiger partial charge in [-0.2, -0.15) is 0 Å². The van der Waals surface area contributed by atoms with Crippen molar-refractivity contribution >= 4 is 15.7 Å². The van der Waals surface area contributed by atoms with E-state index in [-0.39, 0.29) is 30.0 Å². The van der Waals surface area contributed by atoms with Gasteiger partial charge >= 0.3 is 0 Å². The molecule has 2 aromatic rings. The van der Waals surface area contributed by atoms with Crippen molar-refractivity contribution in [2.45, 2.75) is 39.8 Å².